The van der Waals surface area contributed by atoms with E-state index in [1.807, 2.05) is 31.2 Å². The molecule has 0 N–H and O–H groups in total. The molecule has 3 aromatic rings. The third-order valence-corrected chi connectivity index (χ3v) is 6.03. The van der Waals surface area contributed by atoms with Crippen LogP contribution in [-0.2, 0) is 21.3 Å². The number of sulfonamides is 1. The van der Waals surface area contributed by atoms with Crippen molar-refractivity contribution in [2.45, 2.75) is 18.5 Å². The number of ether oxygens (including phenoxy) is 1. The monoisotopic (exact) mass is 389 g/mol. The van der Waals surface area contributed by atoms with Gasteiger partial charge in [-0.1, -0.05) is 22.9 Å². The average molecular weight is 389 g/mol. The topological polar surface area (TPSA) is 103 Å². The molecule has 1 aliphatic rings. The summed E-state index contributed by atoms with van der Waals surface area (Å²) in [6.07, 6.45) is 2.93. The first kappa shape index (κ1) is 17.8. The Morgan fingerprint density at radius 1 is 1.22 bits per heavy atom. The van der Waals surface area contributed by atoms with Gasteiger partial charge in [-0.2, -0.15) is 9.29 Å². The Hall–Kier alpha value is -2.56. The summed E-state index contributed by atoms with van der Waals surface area (Å²) in [6.45, 7) is 3.71. The lowest BCUT2D eigenvalue weighted by atomic mass is 10.1. The quantitative estimate of drug-likeness (QED) is 0.648. The van der Waals surface area contributed by atoms with Crippen molar-refractivity contribution in [2.75, 3.05) is 26.3 Å². The van der Waals surface area contributed by atoms with E-state index >= 15 is 0 Å². The molecule has 4 rings (SSSR count). The first-order valence-corrected chi connectivity index (χ1v) is 9.96. The van der Waals surface area contributed by atoms with Gasteiger partial charge in [-0.05, 0) is 19.1 Å². The summed E-state index contributed by atoms with van der Waals surface area (Å²) < 4.78 is 38.8. The molecule has 0 aliphatic carbocycles. The van der Waals surface area contributed by atoms with Gasteiger partial charge < -0.3 is 13.8 Å². The predicted octanol–water partition coefficient (Wildman–Crippen LogP) is 1.31. The highest BCUT2D eigenvalue weighted by Crippen LogP contribution is 2.19. The summed E-state index contributed by atoms with van der Waals surface area (Å²) in [6, 6.07) is 7.77. The lowest BCUT2D eigenvalue weighted by Crippen LogP contribution is -2.40. The van der Waals surface area contributed by atoms with Crippen LogP contribution in [0.3, 0.4) is 0 Å². The lowest BCUT2D eigenvalue weighted by molar-refractivity contribution is 0.0729. The van der Waals surface area contributed by atoms with Crippen molar-refractivity contribution in [1.82, 2.24) is 24.0 Å². The van der Waals surface area contributed by atoms with E-state index in [1.165, 1.54) is 16.8 Å². The van der Waals surface area contributed by atoms with Crippen LogP contribution in [0.25, 0.3) is 11.5 Å². The second-order valence-electron chi connectivity index (χ2n) is 6.29. The van der Waals surface area contributed by atoms with Crippen LogP contribution >= 0.6 is 0 Å². The Labute approximate surface area is 156 Å². The largest absolute Gasteiger partial charge is 0.379 e. The molecule has 2 aromatic heterocycles. The first-order chi connectivity index (χ1) is 13.0. The second-order valence-corrected chi connectivity index (χ2v) is 8.17. The zero-order valence-electron chi connectivity index (χ0n) is 14.8. The summed E-state index contributed by atoms with van der Waals surface area (Å²) in [5.41, 5.74) is 1.94. The minimum atomic E-state index is -3.62. The van der Waals surface area contributed by atoms with Gasteiger partial charge in [-0.3, -0.25) is 0 Å². The van der Waals surface area contributed by atoms with Gasteiger partial charge in [0.25, 0.3) is 15.9 Å². The van der Waals surface area contributed by atoms with Crippen LogP contribution in [0.4, 0.5) is 0 Å². The molecule has 1 saturated heterocycles. The molecule has 0 atom stereocenters. The molecule has 1 aromatic carbocycles. The molecule has 1 aliphatic heterocycles. The van der Waals surface area contributed by atoms with E-state index in [1.54, 1.807) is 4.57 Å². The summed E-state index contributed by atoms with van der Waals surface area (Å²) in [7, 11) is -3.62. The predicted molar refractivity (Wildman–Crippen MR) is 95.4 cm³/mol. The van der Waals surface area contributed by atoms with Gasteiger partial charge in [0.15, 0.2) is 10.9 Å². The zero-order valence-corrected chi connectivity index (χ0v) is 15.6. The number of hydrogen-bond acceptors (Lipinski definition) is 7. The highest BCUT2D eigenvalue weighted by Gasteiger charge is 2.28. The Bertz CT molecular complexity index is 1040. The highest BCUT2D eigenvalue weighted by atomic mass is 32.2. The fourth-order valence-corrected chi connectivity index (χ4v) is 4.20. The number of nitrogens with zero attached hydrogens (tertiary/aromatic N) is 5. The minimum Gasteiger partial charge on any atom is -0.379 e. The fraction of sp³-hybridized carbons (Fsp3) is 0.353. The van der Waals surface area contributed by atoms with Crippen molar-refractivity contribution in [1.29, 1.82) is 0 Å². The van der Waals surface area contributed by atoms with Crippen LogP contribution in [0.15, 0.2) is 46.3 Å². The van der Waals surface area contributed by atoms with Gasteiger partial charge in [0.1, 0.15) is 0 Å². The van der Waals surface area contributed by atoms with Crippen LogP contribution in [0.5, 0.6) is 0 Å². The van der Waals surface area contributed by atoms with E-state index in [0.29, 0.717) is 38.0 Å². The molecule has 0 bridgehead atoms. The zero-order chi connectivity index (χ0) is 18.9. The third kappa shape index (κ3) is 3.77. The maximum atomic E-state index is 12.6. The van der Waals surface area contributed by atoms with Crippen molar-refractivity contribution in [3.05, 3.63) is 48.2 Å². The number of rotatable bonds is 5. The molecule has 1 fully saturated rings. The number of hydrogen-bond donors (Lipinski definition) is 0. The molecule has 0 saturated carbocycles. The minimum absolute atomic E-state index is 0.00630. The van der Waals surface area contributed by atoms with E-state index in [2.05, 4.69) is 15.1 Å². The van der Waals surface area contributed by atoms with Crippen LogP contribution in [0, 0.1) is 6.92 Å². The number of aryl methyl sites for hydroxylation is 1. The summed E-state index contributed by atoms with van der Waals surface area (Å²) in [5.74, 6) is 0.870. The summed E-state index contributed by atoms with van der Waals surface area (Å²) in [5, 5.41) is 3.97. The normalized spacial score (nSPS) is 15.9. The smallest absolute Gasteiger partial charge is 0.262 e. The van der Waals surface area contributed by atoms with Gasteiger partial charge in [-0.15, -0.1) is 0 Å². The SMILES string of the molecule is Cc1cccc(-c2nc(Cn3cnc(S(=O)(=O)N4CCOCC4)c3)no2)c1. The van der Waals surface area contributed by atoms with Crippen LogP contribution in [0.2, 0.25) is 0 Å². The van der Waals surface area contributed by atoms with Crippen molar-refractivity contribution >= 4 is 10.0 Å². The Morgan fingerprint density at radius 2 is 2.04 bits per heavy atom. The van der Waals surface area contributed by atoms with Crippen molar-refractivity contribution in [2.24, 2.45) is 0 Å². The molecule has 10 heteroatoms. The van der Waals surface area contributed by atoms with E-state index in [-0.39, 0.29) is 11.6 Å². The molecule has 0 amide bonds. The molecule has 0 radical (unpaired) electrons. The molecule has 0 unspecified atom stereocenters. The second kappa shape index (κ2) is 7.22. The molecular formula is C17H19N5O4S. The van der Waals surface area contributed by atoms with Gasteiger partial charge >= 0.3 is 0 Å². The van der Waals surface area contributed by atoms with Gasteiger partial charge in [-0.25, -0.2) is 13.4 Å². The van der Waals surface area contributed by atoms with Crippen molar-refractivity contribution in [3.8, 4) is 11.5 Å². The number of benzene rings is 1. The molecular weight excluding hydrogens is 370 g/mol. The fourth-order valence-electron chi connectivity index (χ4n) is 2.86. The third-order valence-electron chi connectivity index (χ3n) is 4.24. The Morgan fingerprint density at radius 3 is 2.81 bits per heavy atom. The van der Waals surface area contributed by atoms with Crippen LogP contribution in [0.1, 0.15) is 11.4 Å². The molecule has 27 heavy (non-hydrogen) atoms. The van der Waals surface area contributed by atoms with Crippen molar-refractivity contribution < 1.29 is 17.7 Å². The van der Waals surface area contributed by atoms with Gasteiger partial charge in [0.2, 0.25) is 0 Å². The van der Waals surface area contributed by atoms with E-state index in [0.717, 1.165) is 11.1 Å². The van der Waals surface area contributed by atoms with Crippen molar-refractivity contribution in [3.63, 3.8) is 0 Å². The summed E-state index contributed by atoms with van der Waals surface area (Å²) >= 11 is 0. The molecule has 3 heterocycles. The van der Waals surface area contributed by atoms with E-state index < -0.39 is 10.0 Å². The average Bonchev–Trinajstić information content (AvgIpc) is 3.33. The van der Waals surface area contributed by atoms with E-state index in [4.69, 9.17) is 9.26 Å². The molecule has 9 nitrogen and oxygen atoms in total. The number of aromatic nitrogens is 4. The highest BCUT2D eigenvalue weighted by molar-refractivity contribution is 7.89. The Balaban J connectivity index is 1.50. The Kier molecular flexibility index (Phi) is 4.77. The maximum Gasteiger partial charge on any atom is 0.262 e. The molecule has 0 spiro atoms. The lowest BCUT2D eigenvalue weighted by Gasteiger charge is -2.24. The molecule has 142 valence electrons. The standard InChI is InChI=1S/C17H19N5O4S/c1-13-3-2-4-14(9-13)17-19-15(20-26-17)10-21-11-16(18-12-21)27(23,24)22-5-7-25-8-6-22/h2-4,9,11-12H,5-8,10H2,1H3. The van der Waals surface area contributed by atoms with Crippen LogP contribution in [-0.4, -0.2) is 58.7 Å². The summed E-state index contributed by atoms with van der Waals surface area (Å²) in [4.78, 5) is 8.42. The van der Waals surface area contributed by atoms with Crippen LogP contribution < -0.4 is 0 Å². The van der Waals surface area contributed by atoms with Gasteiger partial charge in [0.05, 0.1) is 26.1 Å². The van der Waals surface area contributed by atoms with Gasteiger partial charge in [0, 0.05) is 24.8 Å². The first-order valence-electron chi connectivity index (χ1n) is 8.52. The number of imidazole rings is 1. The maximum absolute atomic E-state index is 12.6. The number of morpholine rings is 1. The van der Waals surface area contributed by atoms with E-state index in [9.17, 15) is 8.42 Å².